The molecule has 17 heavy (non-hydrogen) atoms. The number of benzene rings is 1. The maximum atomic E-state index is 11.5. The monoisotopic (exact) mass is 232 g/mol. The fourth-order valence-electron chi connectivity index (χ4n) is 1.53. The van der Waals surface area contributed by atoms with E-state index in [9.17, 15) is 9.59 Å². The second-order valence-corrected chi connectivity index (χ2v) is 4.28. The Morgan fingerprint density at radius 2 is 1.82 bits per heavy atom. The summed E-state index contributed by atoms with van der Waals surface area (Å²) in [6.45, 7) is 0.0716. The lowest BCUT2D eigenvalue weighted by molar-refractivity contribution is -0.125. The fourth-order valence-corrected chi connectivity index (χ4v) is 1.53. The first-order valence-electron chi connectivity index (χ1n) is 5.84. The van der Waals surface area contributed by atoms with Gasteiger partial charge in [-0.25, -0.2) is 0 Å². The zero-order valence-corrected chi connectivity index (χ0v) is 9.61. The van der Waals surface area contributed by atoms with E-state index in [-0.39, 0.29) is 18.4 Å². The molecular formula is C13H16N2O2. The summed E-state index contributed by atoms with van der Waals surface area (Å²) in [5, 5.41) is 5.43. The van der Waals surface area contributed by atoms with E-state index in [0.29, 0.717) is 12.5 Å². The van der Waals surface area contributed by atoms with E-state index < -0.39 is 0 Å². The molecule has 0 unspecified atom stereocenters. The van der Waals surface area contributed by atoms with Gasteiger partial charge in [0.15, 0.2) is 0 Å². The van der Waals surface area contributed by atoms with E-state index >= 15 is 0 Å². The predicted octanol–water partition coefficient (Wildman–Crippen LogP) is 0.624. The number of carbonyl (C=O) groups excluding carboxylic acids is 2. The Hall–Kier alpha value is -1.84. The first-order chi connectivity index (χ1) is 8.24. The molecule has 0 saturated heterocycles. The average Bonchev–Trinajstić information content (AvgIpc) is 3.12. The molecule has 1 fully saturated rings. The van der Waals surface area contributed by atoms with Gasteiger partial charge in [0.2, 0.25) is 11.8 Å². The van der Waals surface area contributed by atoms with Gasteiger partial charge in [-0.2, -0.15) is 0 Å². The van der Waals surface area contributed by atoms with Gasteiger partial charge in [0, 0.05) is 6.04 Å². The van der Waals surface area contributed by atoms with E-state index in [1.165, 1.54) is 0 Å². The molecule has 0 bridgehead atoms. The molecule has 1 aliphatic rings. The van der Waals surface area contributed by atoms with E-state index in [0.717, 1.165) is 18.4 Å². The zero-order chi connectivity index (χ0) is 12.1. The molecule has 1 aliphatic carbocycles. The summed E-state index contributed by atoms with van der Waals surface area (Å²) in [4.78, 5) is 22.9. The van der Waals surface area contributed by atoms with Crippen molar-refractivity contribution in [2.75, 3.05) is 6.54 Å². The van der Waals surface area contributed by atoms with Crippen LogP contribution in [0.25, 0.3) is 0 Å². The van der Waals surface area contributed by atoms with Gasteiger partial charge in [-0.3, -0.25) is 9.59 Å². The second kappa shape index (κ2) is 5.48. The molecule has 0 aliphatic heterocycles. The Kier molecular flexibility index (Phi) is 3.75. The standard InChI is InChI=1S/C13H16N2O2/c16-12(8-10-4-2-1-3-5-10)14-9-13(17)15-11-6-7-11/h1-5,11H,6-9H2,(H,14,16)(H,15,17). The van der Waals surface area contributed by atoms with Crippen molar-refractivity contribution in [2.45, 2.75) is 25.3 Å². The van der Waals surface area contributed by atoms with Gasteiger partial charge in [0.25, 0.3) is 0 Å². The lowest BCUT2D eigenvalue weighted by Crippen LogP contribution is -2.38. The van der Waals surface area contributed by atoms with Crippen molar-refractivity contribution in [2.24, 2.45) is 0 Å². The van der Waals surface area contributed by atoms with Crippen LogP contribution in [0.3, 0.4) is 0 Å². The molecule has 0 aromatic heterocycles. The highest BCUT2D eigenvalue weighted by atomic mass is 16.2. The minimum Gasteiger partial charge on any atom is -0.352 e. The Morgan fingerprint density at radius 3 is 2.47 bits per heavy atom. The van der Waals surface area contributed by atoms with Crippen molar-refractivity contribution in [3.8, 4) is 0 Å². The number of hydrogen-bond donors (Lipinski definition) is 2. The molecule has 1 aromatic rings. The van der Waals surface area contributed by atoms with Gasteiger partial charge >= 0.3 is 0 Å². The van der Waals surface area contributed by atoms with E-state index in [1.807, 2.05) is 30.3 Å². The lowest BCUT2D eigenvalue weighted by atomic mass is 10.1. The number of amides is 2. The van der Waals surface area contributed by atoms with Crippen molar-refractivity contribution in [1.29, 1.82) is 0 Å². The van der Waals surface area contributed by atoms with Crippen LogP contribution in [0.15, 0.2) is 30.3 Å². The van der Waals surface area contributed by atoms with Crippen LogP contribution in [0.2, 0.25) is 0 Å². The third kappa shape index (κ3) is 4.26. The average molecular weight is 232 g/mol. The first kappa shape index (κ1) is 11.6. The highest BCUT2D eigenvalue weighted by Gasteiger charge is 2.23. The minimum absolute atomic E-state index is 0.0716. The topological polar surface area (TPSA) is 58.2 Å². The Balaban J connectivity index is 1.68. The van der Waals surface area contributed by atoms with Gasteiger partial charge in [-0.1, -0.05) is 30.3 Å². The van der Waals surface area contributed by atoms with Crippen LogP contribution in [-0.2, 0) is 16.0 Å². The molecule has 0 radical (unpaired) electrons. The van der Waals surface area contributed by atoms with Crippen molar-refractivity contribution < 1.29 is 9.59 Å². The normalized spacial score (nSPS) is 14.1. The van der Waals surface area contributed by atoms with Gasteiger partial charge in [-0.05, 0) is 18.4 Å². The third-order valence-electron chi connectivity index (χ3n) is 2.60. The molecule has 1 saturated carbocycles. The molecular weight excluding hydrogens is 216 g/mol. The van der Waals surface area contributed by atoms with Gasteiger partial charge < -0.3 is 10.6 Å². The summed E-state index contributed by atoms with van der Waals surface area (Å²) < 4.78 is 0. The number of nitrogens with one attached hydrogen (secondary N) is 2. The van der Waals surface area contributed by atoms with Gasteiger partial charge in [0.05, 0.1) is 13.0 Å². The Labute approximate surface area is 100 Å². The van der Waals surface area contributed by atoms with Gasteiger partial charge in [-0.15, -0.1) is 0 Å². The van der Waals surface area contributed by atoms with E-state index in [2.05, 4.69) is 10.6 Å². The summed E-state index contributed by atoms with van der Waals surface area (Å²) in [5.74, 6) is -0.226. The molecule has 2 N–H and O–H groups in total. The smallest absolute Gasteiger partial charge is 0.239 e. The third-order valence-corrected chi connectivity index (χ3v) is 2.60. The van der Waals surface area contributed by atoms with Crippen molar-refractivity contribution in [3.05, 3.63) is 35.9 Å². The van der Waals surface area contributed by atoms with Crippen molar-refractivity contribution in [3.63, 3.8) is 0 Å². The summed E-state index contributed by atoms with van der Waals surface area (Å²) in [7, 11) is 0. The Morgan fingerprint density at radius 1 is 1.12 bits per heavy atom. The SMILES string of the molecule is O=C(Cc1ccccc1)NCC(=O)NC1CC1. The molecule has 2 amide bonds. The number of rotatable bonds is 5. The van der Waals surface area contributed by atoms with Crippen molar-refractivity contribution >= 4 is 11.8 Å². The number of carbonyl (C=O) groups is 2. The molecule has 4 nitrogen and oxygen atoms in total. The molecule has 0 spiro atoms. The first-order valence-corrected chi connectivity index (χ1v) is 5.84. The summed E-state index contributed by atoms with van der Waals surface area (Å²) in [5.41, 5.74) is 0.951. The van der Waals surface area contributed by atoms with Crippen LogP contribution in [0.4, 0.5) is 0 Å². The number of hydrogen-bond acceptors (Lipinski definition) is 2. The highest BCUT2D eigenvalue weighted by molar-refractivity contribution is 5.85. The zero-order valence-electron chi connectivity index (χ0n) is 9.61. The summed E-state index contributed by atoms with van der Waals surface area (Å²) >= 11 is 0. The Bertz CT molecular complexity index is 399. The van der Waals surface area contributed by atoms with Crippen LogP contribution in [-0.4, -0.2) is 24.4 Å². The summed E-state index contributed by atoms with van der Waals surface area (Å²) in [6.07, 6.45) is 2.44. The van der Waals surface area contributed by atoms with Crippen LogP contribution < -0.4 is 10.6 Å². The molecule has 1 aromatic carbocycles. The second-order valence-electron chi connectivity index (χ2n) is 4.28. The van der Waals surface area contributed by atoms with E-state index in [1.54, 1.807) is 0 Å². The van der Waals surface area contributed by atoms with Crippen LogP contribution in [0.1, 0.15) is 18.4 Å². The highest BCUT2D eigenvalue weighted by Crippen LogP contribution is 2.18. The lowest BCUT2D eigenvalue weighted by Gasteiger charge is -2.05. The predicted molar refractivity (Wildman–Crippen MR) is 64.3 cm³/mol. The maximum Gasteiger partial charge on any atom is 0.239 e. The largest absolute Gasteiger partial charge is 0.352 e. The maximum absolute atomic E-state index is 11.5. The summed E-state index contributed by atoms with van der Waals surface area (Å²) in [6, 6.07) is 9.82. The van der Waals surface area contributed by atoms with E-state index in [4.69, 9.17) is 0 Å². The molecule has 0 atom stereocenters. The van der Waals surface area contributed by atoms with Crippen LogP contribution >= 0.6 is 0 Å². The molecule has 0 heterocycles. The quantitative estimate of drug-likeness (QED) is 0.782. The molecule has 2 rings (SSSR count). The van der Waals surface area contributed by atoms with Crippen molar-refractivity contribution in [1.82, 2.24) is 10.6 Å². The van der Waals surface area contributed by atoms with Crippen LogP contribution in [0.5, 0.6) is 0 Å². The molecule has 90 valence electrons. The minimum atomic E-state index is -0.123. The molecule has 4 heteroatoms. The fraction of sp³-hybridized carbons (Fsp3) is 0.385. The van der Waals surface area contributed by atoms with Gasteiger partial charge in [0.1, 0.15) is 0 Å². The van der Waals surface area contributed by atoms with Crippen LogP contribution in [0, 0.1) is 0 Å².